The number of aromatic nitrogens is 2. The lowest BCUT2D eigenvalue weighted by Crippen LogP contribution is -2.55. The summed E-state index contributed by atoms with van der Waals surface area (Å²) < 4.78 is 0. The molecule has 3 aromatic rings. The van der Waals surface area contributed by atoms with Gasteiger partial charge in [-0.2, -0.15) is 4.98 Å². The molecule has 1 unspecified atom stereocenters. The summed E-state index contributed by atoms with van der Waals surface area (Å²) in [5, 5.41) is 18.6. The van der Waals surface area contributed by atoms with Gasteiger partial charge in [0.25, 0.3) is 5.91 Å². The summed E-state index contributed by atoms with van der Waals surface area (Å²) in [7, 11) is 1.90. The Morgan fingerprint density at radius 2 is 1.70 bits per heavy atom. The van der Waals surface area contributed by atoms with Crippen molar-refractivity contribution in [2.45, 2.75) is 44.7 Å². The van der Waals surface area contributed by atoms with Crippen LogP contribution in [0.2, 0.25) is 0 Å². The van der Waals surface area contributed by atoms with Crippen molar-refractivity contribution in [3.8, 4) is 0 Å². The number of urea groups is 1. The Labute approximate surface area is 232 Å². The van der Waals surface area contributed by atoms with E-state index in [4.69, 9.17) is 0 Å². The Bertz CT molecular complexity index is 1430. The molecule has 1 saturated heterocycles. The Hall–Kier alpha value is -4.51. The van der Waals surface area contributed by atoms with E-state index in [1.165, 1.54) is 6.20 Å². The van der Waals surface area contributed by atoms with Gasteiger partial charge in [-0.15, -0.1) is 0 Å². The maximum absolute atomic E-state index is 13.1. The van der Waals surface area contributed by atoms with Crippen LogP contribution in [0.3, 0.4) is 0 Å². The van der Waals surface area contributed by atoms with E-state index < -0.39 is 29.6 Å². The fraction of sp³-hybridized carbons (Fsp3) is 0.345. The van der Waals surface area contributed by atoms with Crippen molar-refractivity contribution in [1.82, 2.24) is 25.5 Å². The van der Waals surface area contributed by atoms with E-state index in [1.54, 1.807) is 30.9 Å². The van der Waals surface area contributed by atoms with Crippen LogP contribution in [0.15, 0.2) is 59.5 Å². The van der Waals surface area contributed by atoms with Crippen LogP contribution in [0.5, 0.6) is 0 Å². The number of piperidine rings is 1. The monoisotopic (exact) mass is 546 g/mol. The molecule has 5 N–H and O–H groups in total. The molecule has 1 aromatic heterocycles. The average molecular weight is 547 g/mol. The molecule has 1 atom stereocenters. The molecule has 0 radical (unpaired) electrons. The quantitative estimate of drug-likeness (QED) is 0.291. The van der Waals surface area contributed by atoms with Gasteiger partial charge < -0.3 is 30.9 Å². The van der Waals surface area contributed by atoms with Crippen LogP contribution in [0.1, 0.15) is 45.5 Å². The third-order valence-corrected chi connectivity index (χ3v) is 7.56. The van der Waals surface area contributed by atoms with Gasteiger partial charge in [0.05, 0.1) is 0 Å². The molecule has 0 spiro atoms. The number of rotatable bonds is 8. The highest BCUT2D eigenvalue weighted by atomic mass is 16.4. The molecule has 2 aromatic carbocycles. The van der Waals surface area contributed by atoms with E-state index in [1.807, 2.05) is 31.3 Å². The van der Waals surface area contributed by atoms with Gasteiger partial charge in [0.2, 0.25) is 0 Å². The second-order valence-corrected chi connectivity index (χ2v) is 10.0. The van der Waals surface area contributed by atoms with Gasteiger partial charge >= 0.3 is 17.7 Å². The molecule has 0 bridgehead atoms. The van der Waals surface area contributed by atoms with Crippen molar-refractivity contribution < 1.29 is 19.5 Å². The van der Waals surface area contributed by atoms with Crippen molar-refractivity contribution >= 4 is 23.7 Å². The number of hydrogen-bond acceptors (Lipinski definition) is 6. The fourth-order valence-corrected chi connectivity index (χ4v) is 5.22. The summed E-state index contributed by atoms with van der Waals surface area (Å²) in [6, 6.07) is 13.6. The first-order valence-corrected chi connectivity index (χ1v) is 13.1. The smallest absolute Gasteiger partial charge is 0.346 e. The molecule has 11 heteroatoms. The number of likely N-dealkylation sites (tertiary alicyclic amines) is 1. The van der Waals surface area contributed by atoms with Crippen LogP contribution in [-0.2, 0) is 16.8 Å². The summed E-state index contributed by atoms with van der Waals surface area (Å²) in [4.78, 5) is 58.1. The normalized spacial score (nSPS) is 15.2. The summed E-state index contributed by atoms with van der Waals surface area (Å²) in [6.45, 7) is 4.46. The lowest BCUT2D eigenvalue weighted by Gasteiger charge is -2.42. The number of carboxylic acids is 1. The van der Waals surface area contributed by atoms with Crippen molar-refractivity contribution in [3.63, 3.8) is 0 Å². The minimum atomic E-state index is -1.32. The highest BCUT2D eigenvalue weighted by Crippen LogP contribution is 2.32. The minimum Gasteiger partial charge on any atom is -0.480 e. The predicted molar refractivity (Wildman–Crippen MR) is 150 cm³/mol. The number of carboxylic acid groups (broad SMARTS) is 1. The number of carbonyl (C=O) groups excluding carboxylic acids is 2. The molecule has 1 fully saturated rings. The predicted octanol–water partition coefficient (Wildman–Crippen LogP) is 2.56. The molecule has 1 aliphatic rings. The largest absolute Gasteiger partial charge is 0.480 e. The first-order chi connectivity index (χ1) is 19.1. The molecule has 4 rings (SSSR count). The third-order valence-electron chi connectivity index (χ3n) is 7.56. The first kappa shape index (κ1) is 28.5. The molecule has 0 saturated carbocycles. The lowest BCUT2D eigenvalue weighted by molar-refractivity contribution is -0.139. The van der Waals surface area contributed by atoms with Gasteiger partial charge in [0, 0.05) is 42.4 Å². The van der Waals surface area contributed by atoms with E-state index in [0.29, 0.717) is 31.5 Å². The van der Waals surface area contributed by atoms with Crippen molar-refractivity contribution in [2.75, 3.05) is 25.5 Å². The molecule has 0 aliphatic carbocycles. The average Bonchev–Trinajstić information content (AvgIpc) is 2.94. The van der Waals surface area contributed by atoms with Crippen LogP contribution < -0.4 is 21.6 Å². The van der Waals surface area contributed by atoms with Crippen LogP contribution >= 0.6 is 0 Å². The second-order valence-electron chi connectivity index (χ2n) is 10.0. The van der Waals surface area contributed by atoms with E-state index in [2.05, 4.69) is 38.1 Å². The summed E-state index contributed by atoms with van der Waals surface area (Å²) in [5.41, 5.74) is 2.37. The molecule has 210 valence electrons. The Kier molecular flexibility index (Phi) is 8.64. The highest BCUT2D eigenvalue weighted by Gasteiger charge is 2.37. The van der Waals surface area contributed by atoms with Crippen molar-refractivity contribution in [1.29, 1.82) is 0 Å². The topological polar surface area (TPSA) is 157 Å². The standard InChI is InChI=1S/C29H34N6O5/c1-18-8-7-9-19(2)23(18)25(36)33-24-20(17-31-27(39)34-24)16-22(26(37)38)32-28(40)35-14-12-29(30-3,13-15-35)21-10-5-4-6-11-21/h4-11,17,22,30H,12-16H2,1-3H3,(H,32,40)(H,37,38)(H2,31,33,34,36,39). The number of amides is 3. The van der Waals surface area contributed by atoms with Crippen LogP contribution in [-0.4, -0.2) is 64.1 Å². The van der Waals surface area contributed by atoms with Crippen LogP contribution in [0, 0.1) is 13.8 Å². The Balaban J connectivity index is 1.46. The molecule has 40 heavy (non-hydrogen) atoms. The number of nitrogens with zero attached hydrogens (tertiary/aromatic N) is 2. The van der Waals surface area contributed by atoms with E-state index >= 15 is 0 Å². The molecular formula is C29H34N6O5. The summed E-state index contributed by atoms with van der Waals surface area (Å²) >= 11 is 0. The van der Waals surface area contributed by atoms with Gasteiger partial charge in [0.15, 0.2) is 0 Å². The maximum atomic E-state index is 13.1. The van der Waals surface area contributed by atoms with Crippen molar-refractivity contribution in [3.05, 3.63) is 93.0 Å². The number of nitrogens with one attached hydrogen (secondary N) is 4. The Morgan fingerprint density at radius 1 is 1.05 bits per heavy atom. The number of anilines is 1. The number of hydrogen-bond donors (Lipinski definition) is 5. The highest BCUT2D eigenvalue weighted by molar-refractivity contribution is 6.06. The summed E-state index contributed by atoms with van der Waals surface area (Å²) in [6.07, 6.45) is 2.43. The zero-order valence-corrected chi connectivity index (χ0v) is 22.8. The number of carbonyl (C=O) groups is 3. The van der Waals surface area contributed by atoms with E-state index in [0.717, 1.165) is 16.7 Å². The van der Waals surface area contributed by atoms with E-state index in [-0.39, 0.29) is 23.3 Å². The Morgan fingerprint density at radius 3 is 2.30 bits per heavy atom. The molecule has 2 heterocycles. The van der Waals surface area contributed by atoms with Gasteiger partial charge in [-0.05, 0) is 50.4 Å². The van der Waals surface area contributed by atoms with Gasteiger partial charge in [-0.3, -0.25) is 4.79 Å². The molecule has 1 aliphatic heterocycles. The zero-order chi connectivity index (χ0) is 28.9. The number of aryl methyl sites for hydroxylation is 2. The second kappa shape index (κ2) is 12.1. The molecule has 11 nitrogen and oxygen atoms in total. The first-order valence-electron chi connectivity index (χ1n) is 13.1. The maximum Gasteiger partial charge on any atom is 0.346 e. The number of aromatic amines is 1. The number of aliphatic carboxylic acids is 1. The van der Waals surface area contributed by atoms with Crippen LogP contribution in [0.4, 0.5) is 10.6 Å². The number of H-pyrrole nitrogens is 1. The number of benzene rings is 2. The lowest BCUT2D eigenvalue weighted by atomic mass is 9.81. The fourth-order valence-electron chi connectivity index (χ4n) is 5.22. The third kappa shape index (κ3) is 6.20. The van der Waals surface area contributed by atoms with Gasteiger partial charge in [-0.1, -0.05) is 48.5 Å². The zero-order valence-electron chi connectivity index (χ0n) is 22.8. The summed E-state index contributed by atoms with van der Waals surface area (Å²) in [5.74, 6) is -1.78. The molecule has 3 amide bonds. The SMILES string of the molecule is CNC1(c2ccccc2)CCN(C(=O)NC(Cc2c[nH]c(=O)nc2NC(=O)c2c(C)cccc2C)C(=O)O)CC1. The van der Waals surface area contributed by atoms with Gasteiger partial charge in [-0.25, -0.2) is 14.4 Å². The van der Waals surface area contributed by atoms with Crippen molar-refractivity contribution in [2.24, 2.45) is 0 Å². The van der Waals surface area contributed by atoms with E-state index in [9.17, 15) is 24.3 Å². The molecular weight excluding hydrogens is 512 g/mol. The minimum absolute atomic E-state index is 0.0588. The van der Waals surface area contributed by atoms with Crippen LogP contribution in [0.25, 0.3) is 0 Å². The van der Waals surface area contributed by atoms with Gasteiger partial charge in [0.1, 0.15) is 11.9 Å².